The molecular weight excluding hydrogens is 252 g/mol. The lowest BCUT2D eigenvalue weighted by Crippen LogP contribution is -1.94. The number of hydrogen-bond acceptors (Lipinski definition) is 5. The number of aliphatic imine (C=N–C) groups is 1. The standard InChI is InChI=1S/C10H16N4.C5H12O/c1-3-4-5-6-12-9-8(2)13-7-14-10(9)11;1-3-5-6-4-2/h6-7H,3-5H2,1-2H3,(H2,11,13,14);3-5H2,1-2H3. The van der Waals surface area contributed by atoms with Crippen molar-refractivity contribution in [2.45, 2.75) is 53.4 Å². The van der Waals surface area contributed by atoms with E-state index in [1.807, 2.05) is 20.1 Å². The average Bonchev–Trinajstić information content (AvgIpc) is 2.44. The highest BCUT2D eigenvalue weighted by molar-refractivity contribution is 5.69. The zero-order chi connectivity index (χ0) is 15.2. The Balaban J connectivity index is 0.000000511. The number of nitrogen functional groups attached to an aromatic ring is 1. The van der Waals surface area contributed by atoms with E-state index >= 15 is 0 Å². The van der Waals surface area contributed by atoms with Gasteiger partial charge in [0.05, 0.1) is 5.69 Å². The van der Waals surface area contributed by atoms with Crippen LogP contribution in [0.3, 0.4) is 0 Å². The Morgan fingerprint density at radius 1 is 1.25 bits per heavy atom. The number of hydrogen-bond donors (Lipinski definition) is 1. The summed E-state index contributed by atoms with van der Waals surface area (Å²) < 4.78 is 4.98. The molecule has 0 spiro atoms. The molecular formula is C15H28N4O. The van der Waals surface area contributed by atoms with Crippen molar-refractivity contribution >= 4 is 17.7 Å². The lowest BCUT2D eigenvalue weighted by molar-refractivity contribution is 0.148. The lowest BCUT2D eigenvalue weighted by atomic mass is 10.3. The zero-order valence-corrected chi connectivity index (χ0v) is 13.2. The topological polar surface area (TPSA) is 73.4 Å². The van der Waals surface area contributed by atoms with Crippen LogP contribution in [0, 0.1) is 6.92 Å². The summed E-state index contributed by atoms with van der Waals surface area (Å²) in [7, 11) is 0. The molecule has 20 heavy (non-hydrogen) atoms. The van der Waals surface area contributed by atoms with Crippen molar-refractivity contribution in [1.29, 1.82) is 0 Å². The van der Waals surface area contributed by atoms with Gasteiger partial charge in [0, 0.05) is 19.4 Å². The summed E-state index contributed by atoms with van der Waals surface area (Å²) in [5.74, 6) is 0.449. The van der Waals surface area contributed by atoms with E-state index in [1.165, 1.54) is 12.7 Å². The Labute approximate surface area is 122 Å². The van der Waals surface area contributed by atoms with Crippen molar-refractivity contribution in [3.63, 3.8) is 0 Å². The van der Waals surface area contributed by atoms with Crippen LogP contribution in [0.25, 0.3) is 0 Å². The summed E-state index contributed by atoms with van der Waals surface area (Å²) in [5, 5.41) is 0. The van der Waals surface area contributed by atoms with E-state index in [0.29, 0.717) is 11.5 Å². The number of ether oxygens (including phenoxy) is 1. The van der Waals surface area contributed by atoms with Gasteiger partial charge in [0.2, 0.25) is 0 Å². The summed E-state index contributed by atoms with van der Waals surface area (Å²) in [6.07, 6.45) is 7.77. The van der Waals surface area contributed by atoms with Crippen LogP contribution in [0.2, 0.25) is 0 Å². The minimum absolute atomic E-state index is 0.449. The average molecular weight is 280 g/mol. The normalized spacial score (nSPS) is 10.4. The van der Waals surface area contributed by atoms with Crippen molar-refractivity contribution < 1.29 is 4.74 Å². The number of rotatable bonds is 7. The monoisotopic (exact) mass is 280 g/mol. The number of nitrogens with zero attached hydrogens (tertiary/aromatic N) is 3. The van der Waals surface area contributed by atoms with E-state index < -0.39 is 0 Å². The first-order valence-electron chi connectivity index (χ1n) is 7.34. The molecule has 0 radical (unpaired) electrons. The second kappa shape index (κ2) is 12.5. The number of aromatic nitrogens is 2. The van der Waals surface area contributed by atoms with E-state index in [-0.39, 0.29) is 0 Å². The third-order valence-corrected chi connectivity index (χ3v) is 2.49. The largest absolute Gasteiger partial charge is 0.382 e. The minimum Gasteiger partial charge on any atom is -0.382 e. The Hall–Kier alpha value is -1.49. The van der Waals surface area contributed by atoms with Crippen molar-refractivity contribution in [2.75, 3.05) is 18.9 Å². The second-order valence-corrected chi connectivity index (χ2v) is 4.34. The van der Waals surface area contributed by atoms with Gasteiger partial charge in [0.15, 0.2) is 5.82 Å². The van der Waals surface area contributed by atoms with Crippen LogP contribution >= 0.6 is 0 Å². The fourth-order valence-corrected chi connectivity index (χ4v) is 1.38. The predicted molar refractivity (Wildman–Crippen MR) is 85.6 cm³/mol. The maximum atomic E-state index is 5.67. The quantitative estimate of drug-likeness (QED) is 0.610. The Bertz CT molecular complexity index is 356. The molecule has 0 aliphatic carbocycles. The fourth-order valence-electron chi connectivity index (χ4n) is 1.38. The molecule has 0 bridgehead atoms. The molecule has 5 heteroatoms. The van der Waals surface area contributed by atoms with E-state index in [1.54, 1.807) is 0 Å². The molecule has 0 atom stereocenters. The summed E-state index contributed by atoms with van der Waals surface area (Å²) in [6, 6.07) is 0. The Morgan fingerprint density at radius 3 is 2.50 bits per heavy atom. The summed E-state index contributed by atoms with van der Waals surface area (Å²) in [4.78, 5) is 12.2. The molecule has 1 aromatic rings. The third kappa shape index (κ3) is 8.58. The molecule has 0 aliphatic heterocycles. The van der Waals surface area contributed by atoms with Crippen molar-refractivity contribution in [2.24, 2.45) is 4.99 Å². The van der Waals surface area contributed by atoms with Gasteiger partial charge in [-0.1, -0.05) is 20.3 Å². The number of anilines is 1. The van der Waals surface area contributed by atoms with Gasteiger partial charge in [-0.3, -0.25) is 4.99 Å². The first-order valence-corrected chi connectivity index (χ1v) is 7.34. The van der Waals surface area contributed by atoms with Crippen LogP contribution in [-0.2, 0) is 4.74 Å². The van der Waals surface area contributed by atoms with E-state index in [4.69, 9.17) is 10.5 Å². The molecule has 0 amide bonds. The van der Waals surface area contributed by atoms with Crippen molar-refractivity contribution in [1.82, 2.24) is 9.97 Å². The summed E-state index contributed by atoms with van der Waals surface area (Å²) >= 11 is 0. The summed E-state index contributed by atoms with van der Waals surface area (Å²) in [5.41, 5.74) is 7.19. The highest BCUT2D eigenvalue weighted by Gasteiger charge is 2.01. The van der Waals surface area contributed by atoms with Gasteiger partial charge in [-0.2, -0.15) is 0 Å². The van der Waals surface area contributed by atoms with Gasteiger partial charge in [-0.05, 0) is 33.1 Å². The molecule has 1 rings (SSSR count). The molecule has 0 unspecified atom stereocenters. The van der Waals surface area contributed by atoms with Gasteiger partial charge >= 0.3 is 0 Å². The molecule has 2 N–H and O–H groups in total. The van der Waals surface area contributed by atoms with Crippen LogP contribution < -0.4 is 5.73 Å². The molecule has 0 aromatic carbocycles. The molecule has 0 saturated carbocycles. The number of aryl methyl sites for hydroxylation is 1. The van der Waals surface area contributed by atoms with Gasteiger partial charge in [0.25, 0.3) is 0 Å². The lowest BCUT2D eigenvalue weighted by Gasteiger charge is -2.00. The fraction of sp³-hybridized carbons (Fsp3) is 0.667. The van der Waals surface area contributed by atoms with Gasteiger partial charge in [0.1, 0.15) is 12.0 Å². The first-order chi connectivity index (χ1) is 9.67. The molecule has 0 saturated heterocycles. The van der Waals surface area contributed by atoms with Crippen molar-refractivity contribution in [3.8, 4) is 0 Å². The number of nitrogens with two attached hydrogens (primary N) is 1. The Kier molecular flexibility index (Phi) is 11.6. The molecule has 5 nitrogen and oxygen atoms in total. The molecule has 0 fully saturated rings. The van der Waals surface area contributed by atoms with Crippen molar-refractivity contribution in [3.05, 3.63) is 12.0 Å². The minimum atomic E-state index is 0.449. The first kappa shape index (κ1) is 18.5. The van der Waals surface area contributed by atoms with Gasteiger partial charge in [-0.25, -0.2) is 9.97 Å². The summed E-state index contributed by atoms with van der Waals surface area (Å²) in [6.45, 7) is 9.92. The van der Waals surface area contributed by atoms with Crippen LogP contribution in [0.4, 0.5) is 11.5 Å². The smallest absolute Gasteiger partial charge is 0.153 e. The van der Waals surface area contributed by atoms with E-state index in [2.05, 4.69) is 28.8 Å². The van der Waals surface area contributed by atoms with Gasteiger partial charge in [-0.15, -0.1) is 0 Å². The van der Waals surface area contributed by atoms with Crippen LogP contribution in [0.1, 0.15) is 52.1 Å². The van der Waals surface area contributed by atoms with Crippen LogP contribution in [-0.4, -0.2) is 29.4 Å². The second-order valence-electron chi connectivity index (χ2n) is 4.34. The highest BCUT2D eigenvalue weighted by Crippen LogP contribution is 2.21. The Morgan fingerprint density at radius 2 is 2.00 bits per heavy atom. The molecule has 0 aliphatic rings. The predicted octanol–water partition coefficient (Wildman–Crippen LogP) is 3.69. The SMILES string of the molecule is CCCCC=Nc1c(C)ncnc1N.CCCOCC. The van der Waals surface area contributed by atoms with Crippen LogP contribution in [0.5, 0.6) is 0 Å². The maximum absolute atomic E-state index is 5.67. The van der Waals surface area contributed by atoms with Gasteiger partial charge < -0.3 is 10.5 Å². The number of unbranched alkanes of at least 4 members (excludes halogenated alkanes) is 2. The highest BCUT2D eigenvalue weighted by atomic mass is 16.5. The van der Waals surface area contributed by atoms with E-state index in [9.17, 15) is 0 Å². The maximum Gasteiger partial charge on any atom is 0.153 e. The molecule has 1 aromatic heterocycles. The zero-order valence-electron chi connectivity index (χ0n) is 13.2. The molecule has 1 heterocycles. The third-order valence-electron chi connectivity index (χ3n) is 2.49. The van der Waals surface area contributed by atoms with E-state index in [0.717, 1.165) is 38.2 Å². The van der Waals surface area contributed by atoms with Crippen LogP contribution in [0.15, 0.2) is 11.3 Å². The molecule has 114 valence electrons.